The predicted octanol–water partition coefficient (Wildman–Crippen LogP) is 0.502. The van der Waals surface area contributed by atoms with Crippen molar-refractivity contribution >= 4 is 11.5 Å². The highest BCUT2D eigenvalue weighted by molar-refractivity contribution is 5.62. The minimum absolute atomic E-state index is 0.116. The Bertz CT molecular complexity index is 591. The fraction of sp³-hybridized carbons (Fsp3) is 0.714. The molecule has 0 bridgehead atoms. The lowest BCUT2D eigenvalue weighted by Gasteiger charge is -2.32. The summed E-state index contributed by atoms with van der Waals surface area (Å²) in [5.41, 5.74) is 4.69. The summed E-state index contributed by atoms with van der Waals surface area (Å²) in [4.78, 5) is 24.4. The van der Waals surface area contributed by atoms with Crippen LogP contribution in [0.1, 0.15) is 40.0 Å². The molecule has 1 aromatic rings. The highest BCUT2D eigenvalue weighted by Gasteiger charge is 2.28. The van der Waals surface area contributed by atoms with Crippen LogP contribution in [0.2, 0.25) is 0 Å². The molecule has 0 spiro atoms. The number of rotatable bonds is 7. The Morgan fingerprint density at radius 2 is 1.81 bits per heavy atom. The minimum atomic E-state index is -0.616. The van der Waals surface area contributed by atoms with Crippen LogP contribution in [0.25, 0.3) is 0 Å². The maximum Gasteiger partial charge on any atom is 0.332 e. The second-order valence-corrected chi connectivity index (χ2v) is 5.33. The van der Waals surface area contributed by atoms with E-state index in [4.69, 9.17) is 5.73 Å². The third-order valence-electron chi connectivity index (χ3n) is 4.08. The molecular weight excluding hydrogens is 272 g/mol. The molecule has 1 rings (SSSR count). The van der Waals surface area contributed by atoms with Crippen LogP contribution >= 0.6 is 0 Å². The molecule has 0 aliphatic heterocycles. The van der Waals surface area contributed by atoms with Gasteiger partial charge in [0.25, 0.3) is 5.56 Å². The molecule has 0 atom stereocenters. The SMILES string of the molecule is CCCn1c(N)c(NC(CC)(CC)CO)c(=O)n(C)c1=O. The van der Waals surface area contributed by atoms with Gasteiger partial charge in [0.2, 0.25) is 0 Å². The Morgan fingerprint density at radius 3 is 2.24 bits per heavy atom. The van der Waals surface area contributed by atoms with Crippen LogP contribution in [0.5, 0.6) is 0 Å². The molecule has 0 radical (unpaired) electrons. The summed E-state index contributed by atoms with van der Waals surface area (Å²) in [6.45, 7) is 6.11. The van der Waals surface area contributed by atoms with Crippen molar-refractivity contribution in [2.45, 2.75) is 52.1 Å². The summed E-state index contributed by atoms with van der Waals surface area (Å²) in [5.74, 6) is 0.129. The van der Waals surface area contributed by atoms with Gasteiger partial charge in [-0.15, -0.1) is 0 Å². The maximum absolute atomic E-state index is 12.3. The van der Waals surface area contributed by atoms with E-state index in [0.717, 1.165) is 11.0 Å². The lowest BCUT2D eigenvalue weighted by molar-refractivity contribution is 0.202. The predicted molar refractivity (Wildman–Crippen MR) is 84.7 cm³/mol. The van der Waals surface area contributed by atoms with Crippen molar-refractivity contribution in [3.8, 4) is 0 Å². The van der Waals surface area contributed by atoms with E-state index in [2.05, 4.69) is 5.32 Å². The van der Waals surface area contributed by atoms with Gasteiger partial charge in [-0.3, -0.25) is 13.9 Å². The summed E-state index contributed by atoms with van der Waals surface area (Å²) in [5, 5.41) is 12.7. The Hall–Kier alpha value is -1.76. The number of aliphatic hydroxyl groups is 1. The number of nitrogens with zero attached hydrogens (tertiary/aromatic N) is 2. The zero-order valence-electron chi connectivity index (χ0n) is 13.3. The van der Waals surface area contributed by atoms with Gasteiger partial charge < -0.3 is 16.2 Å². The molecule has 0 aliphatic rings. The monoisotopic (exact) mass is 298 g/mol. The lowest BCUT2D eigenvalue weighted by atomic mass is 9.93. The van der Waals surface area contributed by atoms with Crippen molar-refractivity contribution < 1.29 is 5.11 Å². The summed E-state index contributed by atoms with van der Waals surface area (Å²) in [6, 6.07) is 0. The van der Waals surface area contributed by atoms with Crippen LogP contribution in [0.4, 0.5) is 11.5 Å². The van der Waals surface area contributed by atoms with Crippen LogP contribution in [-0.2, 0) is 13.6 Å². The first-order valence-electron chi connectivity index (χ1n) is 7.35. The average Bonchev–Trinajstić information content (AvgIpc) is 2.51. The third kappa shape index (κ3) is 3.12. The van der Waals surface area contributed by atoms with Crippen molar-refractivity contribution in [3.63, 3.8) is 0 Å². The topological polar surface area (TPSA) is 102 Å². The minimum Gasteiger partial charge on any atom is -0.394 e. The number of aromatic nitrogens is 2. The van der Waals surface area contributed by atoms with Crippen molar-refractivity contribution in [2.24, 2.45) is 7.05 Å². The molecule has 0 saturated carbocycles. The first-order valence-corrected chi connectivity index (χ1v) is 7.35. The first kappa shape index (κ1) is 17.3. The molecule has 7 nitrogen and oxygen atoms in total. The van der Waals surface area contributed by atoms with Crippen LogP contribution in [0, 0.1) is 0 Å². The van der Waals surface area contributed by atoms with Gasteiger partial charge in [-0.05, 0) is 19.3 Å². The summed E-state index contributed by atoms with van der Waals surface area (Å²) < 4.78 is 2.43. The molecule has 1 heterocycles. The van der Waals surface area contributed by atoms with E-state index in [0.29, 0.717) is 19.4 Å². The molecule has 0 amide bonds. The third-order valence-corrected chi connectivity index (χ3v) is 4.08. The van der Waals surface area contributed by atoms with Crippen LogP contribution in [0.3, 0.4) is 0 Å². The Labute approximate surface area is 124 Å². The van der Waals surface area contributed by atoms with Gasteiger partial charge in [0.1, 0.15) is 11.5 Å². The van der Waals surface area contributed by atoms with Crippen molar-refractivity contribution in [1.29, 1.82) is 0 Å². The molecule has 4 N–H and O–H groups in total. The molecule has 0 fully saturated rings. The summed E-state index contributed by atoms with van der Waals surface area (Å²) in [7, 11) is 1.43. The smallest absolute Gasteiger partial charge is 0.332 e. The van der Waals surface area contributed by atoms with Crippen LogP contribution in [0.15, 0.2) is 9.59 Å². The van der Waals surface area contributed by atoms with Gasteiger partial charge in [-0.2, -0.15) is 0 Å². The van der Waals surface area contributed by atoms with E-state index in [1.165, 1.54) is 11.6 Å². The van der Waals surface area contributed by atoms with Gasteiger partial charge in [0.15, 0.2) is 0 Å². The zero-order chi connectivity index (χ0) is 16.2. The highest BCUT2D eigenvalue weighted by Crippen LogP contribution is 2.23. The quantitative estimate of drug-likeness (QED) is 0.680. The van der Waals surface area contributed by atoms with Crippen molar-refractivity contribution in [1.82, 2.24) is 9.13 Å². The van der Waals surface area contributed by atoms with E-state index in [9.17, 15) is 14.7 Å². The van der Waals surface area contributed by atoms with Gasteiger partial charge >= 0.3 is 5.69 Å². The van der Waals surface area contributed by atoms with Gasteiger partial charge in [-0.1, -0.05) is 20.8 Å². The normalized spacial score (nSPS) is 11.7. The Kier molecular flexibility index (Phi) is 5.60. The largest absolute Gasteiger partial charge is 0.394 e. The molecule has 120 valence electrons. The Morgan fingerprint density at radius 1 is 1.24 bits per heavy atom. The number of hydrogen-bond acceptors (Lipinski definition) is 5. The van der Waals surface area contributed by atoms with Crippen LogP contribution < -0.4 is 22.3 Å². The highest BCUT2D eigenvalue weighted by atomic mass is 16.3. The number of hydrogen-bond donors (Lipinski definition) is 3. The fourth-order valence-electron chi connectivity index (χ4n) is 2.30. The average molecular weight is 298 g/mol. The number of nitrogen functional groups attached to an aromatic ring is 1. The molecule has 7 heteroatoms. The molecule has 21 heavy (non-hydrogen) atoms. The number of aliphatic hydroxyl groups excluding tert-OH is 1. The van der Waals surface area contributed by atoms with Crippen molar-refractivity contribution in [2.75, 3.05) is 17.7 Å². The molecule has 0 aliphatic carbocycles. The van der Waals surface area contributed by atoms with E-state index in [1.54, 1.807) is 0 Å². The standard InChI is InChI=1S/C14H26N4O3/c1-5-8-18-11(15)10(12(20)17(4)13(18)21)16-14(6-2,7-3)9-19/h16,19H,5-9,15H2,1-4H3. The molecule has 0 unspecified atom stereocenters. The van der Waals surface area contributed by atoms with E-state index < -0.39 is 16.8 Å². The molecule has 1 aromatic heterocycles. The van der Waals surface area contributed by atoms with E-state index >= 15 is 0 Å². The molecule has 0 saturated heterocycles. The van der Waals surface area contributed by atoms with Crippen LogP contribution in [-0.4, -0.2) is 26.4 Å². The number of nitrogens with one attached hydrogen (secondary N) is 1. The summed E-state index contributed by atoms with van der Waals surface area (Å²) >= 11 is 0. The van der Waals surface area contributed by atoms with Gasteiger partial charge in [0, 0.05) is 13.6 Å². The second-order valence-electron chi connectivity index (χ2n) is 5.33. The molecular formula is C14H26N4O3. The summed E-state index contributed by atoms with van der Waals surface area (Å²) in [6.07, 6.45) is 2.00. The first-order chi connectivity index (χ1) is 9.87. The fourth-order valence-corrected chi connectivity index (χ4v) is 2.30. The zero-order valence-corrected chi connectivity index (χ0v) is 13.3. The molecule has 0 aromatic carbocycles. The van der Waals surface area contributed by atoms with Gasteiger partial charge in [0.05, 0.1) is 12.1 Å². The number of anilines is 2. The second kappa shape index (κ2) is 6.80. The van der Waals surface area contributed by atoms with E-state index in [-0.39, 0.29) is 18.1 Å². The lowest BCUT2D eigenvalue weighted by Crippen LogP contribution is -2.47. The maximum atomic E-state index is 12.3. The van der Waals surface area contributed by atoms with Gasteiger partial charge in [-0.25, -0.2) is 4.79 Å². The Balaban J connectivity index is 3.50. The van der Waals surface area contributed by atoms with Crippen molar-refractivity contribution in [3.05, 3.63) is 20.8 Å². The number of nitrogens with two attached hydrogens (primary N) is 1. The van der Waals surface area contributed by atoms with E-state index in [1.807, 2.05) is 20.8 Å².